The largest absolute Gasteiger partial charge is 0.497 e. The van der Waals surface area contributed by atoms with E-state index in [1.54, 1.807) is 27.7 Å². The summed E-state index contributed by atoms with van der Waals surface area (Å²) in [5.41, 5.74) is 5.25. The molecule has 0 saturated heterocycles. The summed E-state index contributed by atoms with van der Waals surface area (Å²) < 4.78 is 20.4. The molecule has 5 rings (SSSR count). The van der Waals surface area contributed by atoms with Gasteiger partial charge in [-0.3, -0.25) is 0 Å². The molecule has 2 aromatic carbocycles. The van der Waals surface area contributed by atoms with Gasteiger partial charge in [0.1, 0.15) is 34.3 Å². The van der Waals surface area contributed by atoms with Gasteiger partial charge >= 0.3 is 0 Å². The number of pyridine rings is 1. The highest BCUT2D eigenvalue weighted by molar-refractivity contribution is 5.92. The van der Waals surface area contributed by atoms with E-state index in [2.05, 4.69) is 15.3 Å². The van der Waals surface area contributed by atoms with Gasteiger partial charge in [0.25, 0.3) is 0 Å². The van der Waals surface area contributed by atoms with E-state index in [1.165, 1.54) is 0 Å². The summed E-state index contributed by atoms with van der Waals surface area (Å²) in [5, 5.41) is 3.40. The zero-order valence-electron chi connectivity index (χ0n) is 20.2. The van der Waals surface area contributed by atoms with Crippen LogP contribution in [0.1, 0.15) is 5.69 Å². The highest BCUT2D eigenvalue weighted by Crippen LogP contribution is 2.34. The van der Waals surface area contributed by atoms with Crippen LogP contribution in [0.5, 0.6) is 17.4 Å². The first kappa shape index (κ1) is 22.3. The van der Waals surface area contributed by atoms with Crippen molar-refractivity contribution >= 4 is 22.5 Å². The van der Waals surface area contributed by atoms with Crippen LogP contribution in [0.3, 0.4) is 0 Å². The number of para-hydroxylation sites is 1. The average Bonchev–Trinajstić information content (AvgIpc) is 3.47. The van der Waals surface area contributed by atoms with E-state index in [9.17, 15) is 0 Å². The highest BCUT2D eigenvalue weighted by Gasteiger charge is 2.16. The van der Waals surface area contributed by atoms with Gasteiger partial charge in [0.05, 0.1) is 44.6 Å². The Morgan fingerprint density at radius 1 is 0.886 bits per heavy atom. The van der Waals surface area contributed by atoms with Crippen LogP contribution in [0.15, 0.2) is 61.1 Å². The molecule has 0 atom stereocenters. The van der Waals surface area contributed by atoms with Crippen molar-refractivity contribution < 1.29 is 14.2 Å². The van der Waals surface area contributed by atoms with Crippen molar-refractivity contribution in [3.05, 3.63) is 66.7 Å². The number of ether oxygens (including phenoxy) is 3. The van der Waals surface area contributed by atoms with E-state index < -0.39 is 0 Å². The second-order valence-corrected chi connectivity index (χ2v) is 8.04. The average molecular weight is 471 g/mol. The van der Waals surface area contributed by atoms with Gasteiger partial charge in [-0.05, 0) is 43.3 Å². The summed E-state index contributed by atoms with van der Waals surface area (Å²) in [7, 11) is 6.86. The molecule has 0 bridgehead atoms. The van der Waals surface area contributed by atoms with Gasteiger partial charge in [-0.15, -0.1) is 0 Å². The fourth-order valence-corrected chi connectivity index (χ4v) is 4.05. The zero-order chi connectivity index (χ0) is 24.5. The number of benzene rings is 2. The van der Waals surface area contributed by atoms with Crippen LogP contribution < -0.4 is 19.5 Å². The quantitative estimate of drug-likeness (QED) is 0.362. The summed E-state index contributed by atoms with van der Waals surface area (Å²) in [6, 6.07) is 15.6. The van der Waals surface area contributed by atoms with Crippen molar-refractivity contribution in [1.29, 1.82) is 0 Å². The molecule has 3 aromatic heterocycles. The molecule has 0 spiro atoms. The van der Waals surface area contributed by atoms with Crippen LogP contribution in [0, 0.1) is 6.92 Å². The number of hydrogen-bond donors (Lipinski definition) is 1. The van der Waals surface area contributed by atoms with Crippen molar-refractivity contribution in [2.45, 2.75) is 6.92 Å². The minimum absolute atomic E-state index is 0.491. The summed E-state index contributed by atoms with van der Waals surface area (Å²) in [4.78, 5) is 13.9. The topological polar surface area (TPSA) is 88.2 Å². The number of aromatic nitrogens is 5. The summed E-state index contributed by atoms with van der Waals surface area (Å²) >= 11 is 0. The number of anilines is 2. The SMILES string of the molecule is COc1cc(OC)cc(-c2nc3c(Nc4ccc(-n5cnc(C)c5)c(OC)n4)cccc3n2C)c1. The second kappa shape index (κ2) is 9.02. The highest BCUT2D eigenvalue weighted by atomic mass is 16.5. The molecule has 0 radical (unpaired) electrons. The number of nitrogens with zero attached hydrogens (tertiary/aromatic N) is 5. The van der Waals surface area contributed by atoms with Crippen LogP contribution >= 0.6 is 0 Å². The molecule has 0 aliphatic heterocycles. The molecule has 9 heteroatoms. The van der Waals surface area contributed by atoms with Crippen LogP contribution in [0.25, 0.3) is 28.1 Å². The molecule has 0 amide bonds. The Bertz CT molecular complexity index is 1500. The smallest absolute Gasteiger partial charge is 0.240 e. The Hall–Kier alpha value is -4.53. The van der Waals surface area contributed by atoms with Gasteiger partial charge in [-0.1, -0.05) is 6.07 Å². The number of nitrogens with one attached hydrogen (secondary N) is 1. The fourth-order valence-electron chi connectivity index (χ4n) is 4.05. The van der Waals surface area contributed by atoms with Gasteiger partial charge in [0.15, 0.2) is 0 Å². The molecule has 35 heavy (non-hydrogen) atoms. The van der Waals surface area contributed by atoms with E-state index in [4.69, 9.17) is 19.2 Å². The number of fused-ring (bicyclic) bond motifs is 1. The molecule has 9 nitrogen and oxygen atoms in total. The minimum atomic E-state index is 0.491. The molecule has 5 aromatic rings. The number of methoxy groups -OCH3 is 3. The first-order valence-corrected chi connectivity index (χ1v) is 11.0. The van der Waals surface area contributed by atoms with Crippen molar-refractivity contribution in [3.63, 3.8) is 0 Å². The first-order chi connectivity index (χ1) is 17.0. The summed E-state index contributed by atoms with van der Waals surface area (Å²) in [5.74, 6) is 3.33. The predicted molar refractivity (Wildman–Crippen MR) is 135 cm³/mol. The Morgan fingerprint density at radius 3 is 2.31 bits per heavy atom. The maximum atomic E-state index is 5.56. The standard InChI is InChI=1S/C26H26N6O3/c1-16-14-32(15-27-16)22-9-10-23(29-26(22)35-5)28-20-7-6-8-21-24(20)30-25(31(21)2)17-11-18(33-3)13-19(12-17)34-4/h6-15H,1-5H3,(H,28,29). The Labute approximate surface area is 202 Å². The van der Waals surface area contributed by atoms with Crippen LogP contribution in [0.4, 0.5) is 11.5 Å². The first-order valence-electron chi connectivity index (χ1n) is 11.0. The van der Waals surface area contributed by atoms with Crippen molar-refractivity contribution in [2.24, 2.45) is 7.05 Å². The monoisotopic (exact) mass is 470 g/mol. The van der Waals surface area contributed by atoms with E-state index >= 15 is 0 Å². The van der Waals surface area contributed by atoms with Gasteiger partial charge in [-0.25, -0.2) is 9.97 Å². The minimum Gasteiger partial charge on any atom is -0.497 e. The lowest BCUT2D eigenvalue weighted by Gasteiger charge is -2.11. The number of rotatable bonds is 7. The second-order valence-electron chi connectivity index (χ2n) is 8.04. The Balaban J connectivity index is 1.54. The lowest BCUT2D eigenvalue weighted by Crippen LogP contribution is -2.01. The van der Waals surface area contributed by atoms with Crippen molar-refractivity contribution in [1.82, 2.24) is 24.1 Å². The lowest BCUT2D eigenvalue weighted by atomic mass is 10.2. The van der Waals surface area contributed by atoms with Crippen LogP contribution in [0.2, 0.25) is 0 Å². The van der Waals surface area contributed by atoms with Gasteiger partial charge < -0.3 is 28.7 Å². The van der Waals surface area contributed by atoms with Gasteiger partial charge in [0, 0.05) is 24.9 Å². The van der Waals surface area contributed by atoms with Crippen LogP contribution in [-0.2, 0) is 7.05 Å². The van der Waals surface area contributed by atoms with Gasteiger partial charge in [0.2, 0.25) is 5.88 Å². The number of hydrogen-bond acceptors (Lipinski definition) is 7. The summed E-state index contributed by atoms with van der Waals surface area (Å²) in [6.45, 7) is 1.94. The fraction of sp³-hybridized carbons (Fsp3) is 0.192. The molecule has 0 aliphatic rings. The van der Waals surface area contributed by atoms with Crippen LogP contribution in [-0.4, -0.2) is 45.4 Å². The third kappa shape index (κ3) is 4.12. The molecule has 0 aliphatic carbocycles. The molecule has 0 unspecified atom stereocenters. The summed E-state index contributed by atoms with van der Waals surface area (Å²) in [6.07, 6.45) is 3.67. The van der Waals surface area contributed by atoms with E-state index in [-0.39, 0.29) is 0 Å². The maximum absolute atomic E-state index is 5.56. The molecule has 1 N–H and O–H groups in total. The van der Waals surface area contributed by atoms with E-state index in [1.807, 2.05) is 77.8 Å². The molecular weight excluding hydrogens is 444 g/mol. The normalized spacial score (nSPS) is 11.0. The van der Waals surface area contributed by atoms with Crippen molar-refractivity contribution in [2.75, 3.05) is 26.6 Å². The lowest BCUT2D eigenvalue weighted by molar-refractivity contribution is 0.394. The number of aryl methyl sites for hydroxylation is 2. The third-order valence-electron chi connectivity index (χ3n) is 5.81. The van der Waals surface area contributed by atoms with E-state index in [0.29, 0.717) is 23.2 Å². The molecule has 178 valence electrons. The van der Waals surface area contributed by atoms with Crippen molar-refractivity contribution in [3.8, 4) is 34.5 Å². The third-order valence-corrected chi connectivity index (χ3v) is 5.81. The van der Waals surface area contributed by atoms with Gasteiger partial charge in [-0.2, -0.15) is 4.98 Å². The Morgan fingerprint density at radius 2 is 1.66 bits per heavy atom. The predicted octanol–water partition coefficient (Wildman–Crippen LogP) is 4.90. The molecule has 0 fully saturated rings. The van der Waals surface area contributed by atoms with E-state index in [0.717, 1.165) is 39.5 Å². The zero-order valence-corrected chi connectivity index (χ0v) is 20.2. The molecule has 0 saturated carbocycles. The molecular formula is C26H26N6O3. The maximum Gasteiger partial charge on any atom is 0.240 e. The number of imidazole rings is 2. The molecule has 3 heterocycles. The Kier molecular flexibility index (Phi) is 5.74.